The molecule has 0 aliphatic rings. The molecule has 0 atom stereocenters. The molecule has 5 nitrogen and oxygen atoms in total. The van der Waals surface area contributed by atoms with Crippen LogP contribution in [0.15, 0.2) is 54.7 Å². The minimum atomic E-state index is -0.291. The van der Waals surface area contributed by atoms with Crippen molar-refractivity contribution in [1.82, 2.24) is 15.7 Å². The van der Waals surface area contributed by atoms with Gasteiger partial charge in [-0.05, 0) is 24.3 Å². The molecule has 1 heterocycles. The third-order valence-corrected chi connectivity index (χ3v) is 2.73. The van der Waals surface area contributed by atoms with Crippen molar-refractivity contribution in [2.24, 2.45) is 0 Å². The number of amides is 1. The lowest BCUT2D eigenvalue weighted by Gasteiger charge is -2.07. The van der Waals surface area contributed by atoms with Crippen LogP contribution in [0.3, 0.4) is 0 Å². The predicted molar refractivity (Wildman–Crippen MR) is 70.6 cm³/mol. The second-order valence-corrected chi connectivity index (χ2v) is 3.99. The Morgan fingerprint density at radius 3 is 2.79 bits per heavy atom. The average molecular weight is 253 g/mol. The van der Waals surface area contributed by atoms with E-state index < -0.39 is 0 Å². The van der Waals surface area contributed by atoms with Crippen molar-refractivity contribution in [1.29, 1.82) is 0 Å². The molecule has 0 aliphatic carbocycles. The van der Waals surface area contributed by atoms with Crippen molar-refractivity contribution in [3.05, 3.63) is 60.3 Å². The van der Waals surface area contributed by atoms with Crippen LogP contribution in [-0.2, 0) is 0 Å². The van der Waals surface area contributed by atoms with Crippen molar-refractivity contribution in [3.8, 4) is 5.75 Å². The van der Waals surface area contributed by atoms with E-state index in [-0.39, 0.29) is 5.91 Å². The molecule has 0 unspecified atom stereocenters. The van der Waals surface area contributed by atoms with E-state index in [4.69, 9.17) is 4.84 Å². The summed E-state index contributed by atoms with van der Waals surface area (Å²) >= 11 is 0. The molecule has 0 fully saturated rings. The van der Waals surface area contributed by atoms with Gasteiger partial charge in [-0.3, -0.25) is 9.89 Å². The van der Waals surface area contributed by atoms with Crippen LogP contribution in [0.4, 0.5) is 0 Å². The molecule has 5 heteroatoms. The lowest BCUT2D eigenvalue weighted by molar-refractivity contribution is 0.0763. The highest BCUT2D eigenvalue weighted by atomic mass is 16.7. The standard InChI is InChI=1S/C14H11N3O2/c18-14(10-5-2-1-3-6-10)17-19-13-8-4-7-12-11(13)9-15-16-12/h1-9H,(H,15,16)(H,17,18). The van der Waals surface area contributed by atoms with Gasteiger partial charge in [0.15, 0.2) is 5.75 Å². The van der Waals surface area contributed by atoms with E-state index >= 15 is 0 Å². The molecule has 1 amide bonds. The predicted octanol–water partition coefficient (Wildman–Crippen LogP) is 2.29. The maximum atomic E-state index is 11.8. The third-order valence-electron chi connectivity index (χ3n) is 2.73. The van der Waals surface area contributed by atoms with E-state index in [1.54, 1.807) is 36.5 Å². The molecule has 0 bridgehead atoms. The lowest BCUT2D eigenvalue weighted by Crippen LogP contribution is -2.26. The number of rotatable bonds is 3. The molecule has 2 N–H and O–H groups in total. The number of hydroxylamine groups is 1. The molecular formula is C14H11N3O2. The Hall–Kier alpha value is -2.82. The van der Waals surface area contributed by atoms with Gasteiger partial charge in [0.2, 0.25) is 0 Å². The largest absolute Gasteiger partial charge is 0.378 e. The van der Waals surface area contributed by atoms with E-state index in [0.29, 0.717) is 11.3 Å². The van der Waals surface area contributed by atoms with Gasteiger partial charge in [-0.1, -0.05) is 24.3 Å². The molecule has 19 heavy (non-hydrogen) atoms. The van der Waals surface area contributed by atoms with Gasteiger partial charge in [-0.25, -0.2) is 0 Å². The molecule has 2 aromatic carbocycles. The smallest absolute Gasteiger partial charge is 0.283 e. The number of aromatic amines is 1. The zero-order valence-electron chi connectivity index (χ0n) is 9.96. The van der Waals surface area contributed by atoms with Gasteiger partial charge >= 0.3 is 0 Å². The fourth-order valence-electron chi connectivity index (χ4n) is 1.78. The van der Waals surface area contributed by atoms with E-state index in [1.165, 1.54) is 0 Å². The van der Waals surface area contributed by atoms with Gasteiger partial charge in [-0.2, -0.15) is 10.6 Å². The molecule has 0 saturated carbocycles. The quantitative estimate of drug-likeness (QED) is 0.704. The minimum absolute atomic E-state index is 0.291. The van der Waals surface area contributed by atoms with Crippen LogP contribution in [0, 0.1) is 0 Å². The van der Waals surface area contributed by atoms with Crippen LogP contribution < -0.4 is 10.3 Å². The first kappa shape index (κ1) is 11.3. The lowest BCUT2D eigenvalue weighted by atomic mass is 10.2. The SMILES string of the molecule is O=C(NOc1cccc2[nH]ncc12)c1ccccc1. The Bertz CT molecular complexity index is 707. The number of nitrogens with zero attached hydrogens (tertiary/aromatic N) is 1. The highest BCUT2D eigenvalue weighted by Crippen LogP contribution is 2.22. The van der Waals surface area contributed by atoms with Crippen molar-refractivity contribution in [2.45, 2.75) is 0 Å². The van der Waals surface area contributed by atoms with Crippen LogP contribution in [0.25, 0.3) is 10.9 Å². The third kappa shape index (κ3) is 2.26. The number of benzene rings is 2. The first-order valence-corrected chi connectivity index (χ1v) is 5.79. The molecular weight excluding hydrogens is 242 g/mol. The highest BCUT2D eigenvalue weighted by Gasteiger charge is 2.07. The van der Waals surface area contributed by atoms with Crippen molar-refractivity contribution in [2.75, 3.05) is 0 Å². The second kappa shape index (κ2) is 4.81. The van der Waals surface area contributed by atoms with Gasteiger partial charge < -0.3 is 4.84 Å². The first-order valence-electron chi connectivity index (χ1n) is 5.79. The summed E-state index contributed by atoms with van der Waals surface area (Å²) in [7, 11) is 0. The Morgan fingerprint density at radius 1 is 1.11 bits per heavy atom. The zero-order chi connectivity index (χ0) is 13.1. The van der Waals surface area contributed by atoms with Crippen LogP contribution in [-0.4, -0.2) is 16.1 Å². The fourth-order valence-corrected chi connectivity index (χ4v) is 1.78. The summed E-state index contributed by atoms with van der Waals surface area (Å²) in [6.07, 6.45) is 1.65. The topological polar surface area (TPSA) is 67.0 Å². The monoisotopic (exact) mass is 253 g/mol. The molecule has 94 valence electrons. The molecule has 0 spiro atoms. The van der Waals surface area contributed by atoms with Gasteiger partial charge in [-0.15, -0.1) is 0 Å². The maximum absolute atomic E-state index is 11.8. The van der Waals surface area contributed by atoms with Gasteiger partial charge in [0.25, 0.3) is 5.91 Å². The number of fused-ring (bicyclic) bond motifs is 1. The normalized spacial score (nSPS) is 10.3. The number of aromatic nitrogens is 2. The molecule has 0 saturated heterocycles. The van der Waals surface area contributed by atoms with Crippen molar-refractivity contribution in [3.63, 3.8) is 0 Å². The molecule has 0 aliphatic heterocycles. The summed E-state index contributed by atoms with van der Waals surface area (Å²) in [6, 6.07) is 14.4. The van der Waals surface area contributed by atoms with Crippen LogP contribution in [0.2, 0.25) is 0 Å². The molecule has 3 rings (SSSR count). The summed E-state index contributed by atoms with van der Waals surface area (Å²) in [4.78, 5) is 17.2. The van der Waals surface area contributed by atoms with Crippen LogP contribution in [0.5, 0.6) is 5.75 Å². The molecule has 3 aromatic rings. The Balaban J connectivity index is 1.76. The van der Waals surface area contributed by atoms with Gasteiger partial charge in [0, 0.05) is 5.56 Å². The number of H-pyrrole nitrogens is 1. The van der Waals surface area contributed by atoms with E-state index in [2.05, 4.69) is 15.7 Å². The van der Waals surface area contributed by atoms with Crippen LogP contribution >= 0.6 is 0 Å². The number of carbonyl (C=O) groups excluding carboxylic acids is 1. The molecule has 0 radical (unpaired) electrons. The van der Waals surface area contributed by atoms with Crippen molar-refractivity contribution < 1.29 is 9.63 Å². The number of carbonyl (C=O) groups is 1. The Morgan fingerprint density at radius 2 is 1.95 bits per heavy atom. The second-order valence-electron chi connectivity index (χ2n) is 3.99. The maximum Gasteiger partial charge on any atom is 0.283 e. The van der Waals surface area contributed by atoms with E-state index in [1.807, 2.05) is 18.2 Å². The number of nitrogens with one attached hydrogen (secondary N) is 2. The number of hydrogen-bond acceptors (Lipinski definition) is 3. The summed E-state index contributed by atoms with van der Waals surface area (Å²) in [5.74, 6) is 0.261. The summed E-state index contributed by atoms with van der Waals surface area (Å²) in [5, 5.41) is 7.58. The highest BCUT2D eigenvalue weighted by molar-refractivity contribution is 5.93. The zero-order valence-corrected chi connectivity index (χ0v) is 9.96. The van der Waals surface area contributed by atoms with Crippen LogP contribution in [0.1, 0.15) is 10.4 Å². The van der Waals surface area contributed by atoms with Gasteiger partial charge in [0.05, 0.1) is 17.1 Å². The average Bonchev–Trinajstić information content (AvgIpc) is 2.94. The fraction of sp³-hybridized carbons (Fsp3) is 0. The summed E-state index contributed by atoms with van der Waals surface area (Å²) in [6.45, 7) is 0. The number of hydrogen-bond donors (Lipinski definition) is 2. The first-order chi connectivity index (χ1) is 9.34. The summed E-state index contributed by atoms with van der Waals surface area (Å²) in [5.41, 5.74) is 3.81. The minimum Gasteiger partial charge on any atom is -0.378 e. The Labute approximate surface area is 109 Å². The van der Waals surface area contributed by atoms with Crippen molar-refractivity contribution >= 4 is 16.8 Å². The molecule has 1 aromatic heterocycles. The van der Waals surface area contributed by atoms with Gasteiger partial charge in [0.1, 0.15) is 0 Å². The Kier molecular flexibility index (Phi) is 2.86. The summed E-state index contributed by atoms with van der Waals surface area (Å²) < 4.78 is 0. The van der Waals surface area contributed by atoms with E-state index in [9.17, 15) is 4.79 Å². The van der Waals surface area contributed by atoms with E-state index in [0.717, 1.165) is 10.9 Å².